The maximum Gasteiger partial charge on any atom is 0.198 e. The molecular weight excluding hydrogens is 809 g/mol. The lowest BCUT2D eigenvalue weighted by Gasteiger charge is -2.49. The monoisotopic (exact) mass is 883 g/mol. The van der Waals surface area contributed by atoms with E-state index in [0.29, 0.717) is 0 Å². The van der Waals surface area contributed by atoms with Crippen molar-refractivity contribution in [3.05, 3.63) is 93.8 Å². The predicted molar refractivity (Wildman–Crippen MR) is 275 cm³/mol. The van der Waals surface area contributed by atoms with Crippen molar-refractivity contribution in [1.29, 1.82) is 0 Å². The van der Waals surface area contributed by atoms with Gasteiger partial charge < -0.3 is 0 Å². The Bertz CT molecular complexity index is 3390. The Balaban J connectivity index is 1.04. The zero-order valence-electron chi connectivity index (χ0n) is 43.8. The number of rotatable bonds is 4. The van der Waals surface area contributed by atoms with Crippen LogP contribution in [0.5, 0.6) is 0 Å². The van der Waals surface area contributed by atoms with Gasteiger partial charge in [-0.1, -0.05) is 138 Å². The number of pyridine rings is 4. The molecule has 2 aliphatic rings. The second-order valence-electron chi connectivity index (χ2n) is 27.0. The maximum absolute atomic E-state index is 5.55. The molecule has 346 valence electrons. The molecule has 0 spiro atoms. The van der Waals surface area contributed by atoms with Crippen LogP contribution in [0, 0.1) is 5.41 Å². The minimum atomic E-state index is -0.192. The van der Waals surface area contributed by atoms with Gasteiger partial charge in [-0.3, -0.25) is 18.8 Å². The number of fused-ring (bicyclic) bond motifs is 12. The summed E-state index contributed by atoms with van der Waals surface area (Å²) in [7, 11) is 0. The number of hydrogen-bond donors (Lipinski definition) is 0. The summed E-state index contributed by atoms with van der Waals surface area (Å²) in [6.07, 6.45) is 3.04. The van der Waals surface area contributed by atoms with Gasteiger partial charge >= 0.3 is 0 Å². The van der Waals surface area contributed by atoms with Crippen molar-refractivity contribution in [2.24, 2.45) is 5.41 Å². The third-order valence-electron chi connectivity index (χ3n) is 17.2. The van der Waals surface area contributed by atoms with Gasteiger partial charge in [0.15, 0.2) is 16.9 Å². The molecular formula is C58H74N8. The van der Waals surface area contributed by atoms with E-state index >= 15 is 0 Å². The molecule has 1 atom stereocenters. The Morgan fingerprint density at radius 1 is 0.485 bits per heavy atom. The topological polar surface area (TPSA) is 86.2 Å². The van der Waals surface area contributed by atoms with Crippen molar-refractivity contribution in [1.82, 2.24) is 38.7 Å². The van der Waals surface area contributed by atoms with Crippen molar-refractivity contribution in [3.8, 4) is 0 Å². The van der Waals surface area contributed by atoms with Crippen LogP contribution in [0.3, 0.4) is 0 Å². The first-order valence-electron chi connectivity index (χ1n) is 24.6. The Labute approximate surface area is 392 Å². The first-order chi connectivity index (χ1) is 30.2. The number of nitrogens with zero attached hydrogens (tertiary/aromatic N) is 8. The fourth-order valence-corrected chi connectivity index (χ4v) is 12.6. The fraction of sp³-hybridized carbons (Fsp3) is 0.552. The summed E-state index contributed by atoms with van der Waals surface area (Å²) in [5.74, 6) is 0. The minimum absolute atomic E-state index is 0.0412. The molecule has 8 aromatic rings. The van der Waals surface area contributed by atoms with E-state index in [-0.39, 0.29) is 48.7 Å². The molecule has 2 aliphatic carbocycles. The van der Waals surface area contributed by atoms with Gasteiger partial charge in [0.25, 0.3) is 0 Å². The molecule has 1 aromatic carbocycles. The molecule has 0 saturated heterocycles. The van der Waals surface area contributed by atoms with Crippen LogP contribution in [0.4, 0.5) is 0 Å². The molecule has 0 N–H and O–H groups in total. The van der Waals surface area contributed by atoms with Crippen LogP contribution in [-0.4, -0.2) is 38.7 Å². The molecule has 10 rings (SSSR count). The quantitative estimate of drug-likeness (QED) is 0.175. The van der Waals surface area contributed by atoms with Crippen molar-refractivity contribution in [2.45, 2.75) is 201 Å². The highest BCUT2D eigenvalue weighted by Crippen LogP contribution is 2.65. The lowest BCUT2D eigenvalue weighted by molar-refractivity contribution is 0.0769. The highest BCUT2D eigenvalue weighted by Gasteiger charge is 2.59. The largest absolute Gasteiger partial charge is 0.295 e. The van der Waals surface area contributed by atoms with E-state index in [1.54, 1.807) is 0 Å². The highest BCUT2D eigenvalue weighted by molar-refractivity contribution is 5.98. The van der Waals surface area contributed by atoms with Crippen molar-refractivity contribution in [3.63, 3.8) is 0 Å². The molecule has 0 bridgehead atoms. The Morgan fingerprint density at radius 3 is 1.55 bits per heavy atom. The SMILES string of the molecule is CC(C)(C)c1ccc2c(cc(C(C)(C)C)n3c4cc5c(cc4nc23)C(C)(C)C(C)(CCC(C)(C)c2ccc3c(cc(C(C)(C)C)n4c6nc7c(nc6nc34)C(C)(C)CC7(C)C)n2)C5(C)C)n1. The first-order valence-corrected chi connectivity index (χ1v) is 24.6. The van der Waals surface area contributed by atoms with Gasteiger partial charge in [0.2, 0.25) is 0 Å². The average Bonchev–Trinajstić information content (AvgIpc) is 3.85. The van der Waals surface area contributed by atoms with E-state index in [2.05, 4.69) is 196 Å². The van der Waals surface area contributed by atoms with Crippen LogP contribution in [0.25, 0.3) is 55.4 Å². The molecule has 0 saturated carbocycles. The first kappa shape index (κ1) is 44.8. The number of aromatic nitrogens is 8. The second kappa shape index (κ2) is 13.2. The van der Waals surface area contributed by atoms with E-state index in [9.17, 15) is 0 Å². The summed E-state index contributed by atoms with van der Waals surface area (Å²) in [5.41, 5.74) is 16.3. The third-order valence-corrected chi connectivity index (χ3v) is 17.2. The normalized spacial score (nSPS) is 20.4. The highest BCUT2D eigenvalue weighted by atomic mass is 15.1. The summed E-state index contributed by atoms with van der Waals surface area (Å²) in [5, 5.41) is 2.13. The number of imidazole rings is 2. The van der Waals surface area contributed by atoms with E-state index in [1.165, 1.54) is 22.3 Å². The van der Waals surface area contributed by atoms with Crippen LogP contribution in [0.2, 0.25) is 0 Å². The summed E-state index contributed by atoms with van der Waals surface area (Å²) in [4.78, 5) is 32.2. The van der Waals surface area contributed by atoms with Gasteiger partial charge in [0.1, 0.15) is 5.65 Å². The molecule has 66 heavy (non-hydrogen) atoms. The van der Waals surface area contributed by atoms with Crippen LogP contribution in [0.15, 0.2) is 48.5 Å². The molecule has 0 fully saturated rings. The fourth-order valence-electron chi connectivity index (χ4n) is 12.6. The van der Waals surface area contributed by atoms with Crippen LogP contribution < -0.4 is 0 Å². The van der Waals surface area contributed by atoms with Gasteiger partial charge in [0, 0.05) is 66.0 Å². The van der Waals surface area contributed by atoms with Crippen LogP contribution >= 0.6 is 0 Å². The van der Waals surface area contributed by atoms with Crippen molar-refractivity contribution < 1.29 is 0 Å². The van der Waals surface area contributed by atoms with Gasteiger partial charge in [0.05, 0.1) is 33.5 Å². The number of hydrogen-bond acceptors (Lipinski definition) is 6. The van der Waals surface area contributed by atoms with Gasteiger partial charge in [-0.2, -0.15) is 0 Å². The van der Waals surface area contributed by atoms with Crippen LogP contribution in [0.1, 0.15) is 203 Å². The number of benzene rings is 1. The molecule has 8 heteroatoms. The van der Waals surface area contributed by atoms with Gasteiger partial charge in [-0.05, 0) is 95.2 Å². The summed E-state index contributed by atoms with van der Waals surface area (Å²) < 4.78 is 4.71. The zero-order valence-corrected chi connectivity index (χ0v) is 43.8. The van der Waals surface area contributed by atoms with Crippen molar-refractivity contribution >= 4 is 55.4 Å². The Kier molecular flexibility index (Phi) is 8.94. The van der Waals surface area contributed by atoms with Crippen LogP contribution in [-0.2, 0) is 43.3 Å². The molecule has 8 nitrogen and oxygen atoms in total. The Hall–Kier alpha value is -4.98. The molecule has 1 unspecified atom stereocenters. The third kappa shape index (κ3) is 6.13. The van der Waals surface area contributed by atoms with E-state index in [0.717, 1.165) is 97.6 Å². The summed E-state index contributed by atoms with van der Waals surface area (Å²) in [6.45, 7) is 46.9. The standard InChI is InChI=1S/C58H74N8/c1-50(2,3)40-23-21-32-36(59-40)29-42(51(4,5)6)65-39-28-35-34(27-38(39)61-47(32)65)56(16,17)58(20,57(35,18)19)26-25-53(10,11)41-24-22-33-37(60-41)30-43(52(7,8)9)66-48(33)64-46-49(66)63-45-44(62-46)54(12,13)31-55(45,14)15/h21-24,27-30H,25-26,31H2,1-20H3. The van der Waals surface area contributed by atoms with E-state index < -0.39 is 0 Å². The van der Waals surface area contributed by atoms with E-state index in [4.69, 9.17) is 29.9 Å². The zero-order chi connectivity index (χ0) is 48.1. The van der Waals surface area contributed by atoms with E-state index in [1.807, 2.05) is 0 Å². The summed E-state index contributed by atoms with van der Waals surface area (Å²) in [6, 6.07) is 18.5. The predicted octanol–water partition coefficient (Wildman–Crippen LogP) is 14.4. The lowest BCUT2D eigenvalue weighted by atomic mass is 9.55. The maximum atomic E-state index is 5.55. The molecule has 0 amide bonds. The molecule has 0 radical (unpaired) electrons. The molecule has 0 aliphatic heterocycles. The molecule has 7 heterocycles. The smallest absolute Gasteiger partial charge is 0.198 e. The minimum Gasteiger partial charge on any atom is -0.295 e. The Morgan fingerprint density at radius 2 is 0.985 bits per heavy atom. The average molecular weight is 883 g/mol. The van der Waals surface area contributed by atoms with Crippen molar-refractivity contribution in [2.75, 3.05) is 0 Å². The second-order valence-corrected chi connectivity index (χ2v) is 27.0. The molecule has 7 aromatic heterocycles. The van der Waals surface area contributed by atoms with Gasteiger partial charge in [-0.15, -0.1) is 0 Å². The summed E-state index contributed by atoms with van der Waals surface area (Å²) >= 11 is 0. The van der Waals surface area contributed by atoms with Gasteiger partial charge in [-0.25, -0.2) is 19.9 Å². The lowest BCUT2D eigenvalue weighted by Crippen LogP contribution is -2.46.